The third-order valence-electron chi connectivity index (χ3n) is 5.67. The summed E-state index contributed by atoms with van der Waals surface area (Å²) in [5, 5.41) is 4.44. The molecule has 0 saturated heterocycles. The van der Waals surface area contributed by atoms with Crippen molar-refractivity contribution in [2.24, 2.45) is 7.05 Å². The van der Waals surface area contributed by atoms with Crippen LogP contribution in [0.15, 0.2) is 61.1 Å². The molecule has 160 valence electrons. The summed E-state index contributed by atoms with van der Waals surface area (Å²) in [4.78, 5) is 28.4. The molecule has 4 aromatic rings. The summed E-state index contributed by atoms with van der Waals surface area (Å²) in [5.74, 6) is 1.58. The first-order valence-electron chi connectivity index (χ1n) is 10.7. The normalized spacial score (nSPS) is 13.1. The van der Waals surface area contributed by atoms with Crippen LogP contribution in [0.2, 0.25) is 0 Å². The molecule has 5 rings (SSSR count). The summed E-state index contributed by atoms with van der Waals surface area (Å²) >= 11 is 0. The van der Waals surface area contributed by atoms with Crippen LogP contribution < -0.4 is 4.90 Å². The van der Waals surface area contributed by atoms with Crippen LogP contribution in [-0.4, -0.2) is 30.6 Å². The number of nitrogens with zero attached hydrogens (tertiary/aromatic N) is 6. The molecule has 7 nitrogen and oxygen atoms in total. The largest absolute Gasteiger partial charge is 0.292 e. The molecular formula is C25H24N6O. The first-order chi connectivity index (χ1) is 15.5. The molecule has 0 fully saturated rings. The zero-order valence-corrected chi connectivity index (χ0v) is 18.4. The number of benzene rings is 1. The molecule has 0 radical (unpaired) electrons. The summed E-state index contributed by atoms with van der Waals surface area (Å²) < 4.78 is 1.79. The average Bonchev–Trinajstić information content (AvgIpc) is 3.37. The van der Waals surface area contributed by atoms with Crippen LogP contribution in [0.4, 0.5) is 5.82 Å². The van der Waals surface area contributed by atoms with Gasteiger partial charge in [-0.15, -0.1) is 0 Å². The Labute approximate surface area is 186 Å². The van der Waals surface area contributed by atoms with Crippen molar-refractivity contribution in [1.82, 2.24) is 24.7 Å². The second-order valence-corrected chi connectivity index (χ2v) is 8.36. The number of amides is 1. The minimum Gasteiger partial charge on any atom is -0.292 e. The SMILES string of the molecule is CC(C)c1ncccc1-c1ncc2c(n1)N(Cc1ccc(-c3ccn(C)n3)cc1)C(=O)C2. The van der Waals surface area contributed by atoms with E-state index in [2.05, 4.69) is 28.9 Å². The van der Waals surface area contributed by atoms with E-state index in [-0.39, 0.29) is 11.8 Å². The molecule has 7 heteroatoms. The van der Waals surface area contributed by atoms with E-state index in [9.17, 15) is 4.79 Å². The molecule has 0 N–H and O–H groups in total. The monoisotopic (exact) mass is 424 g/mol. The molecule has 0 aliphatic carbocycles. The third-order valence-corrected chi connectivity index (χ3v) is 5.67. The van der Waals surface area contributed by atoms with Crippen LogP contribution in [0.1, 0.15) is 36.6 Å². The molecular weight excluding hydrogens is 400 g/mol. The standard InChI is InChI=1S/C25H24N6O/c1-16(2)23-20(5-4-11-26-23)24-27-14-19-13-22(32)31(25(19)28-24)15-17-6-8-18(9-7-17)21-10-12-30(3)29-21/h4-12,14,16H,13,15H2,1-3H3. The minimum atomic E-state index is 0.0375. The van der Waals surface area contributed by atoms with Crippen LogP contribution in [0.5, 0.6) is 0 Å². The van der Waals surface area contributed by atoms with Gasteiger partial charge in [0.2, 0.25) is 5.91 Å². The van der Waals surface area contributed by atoms with E-state index >= 15 is 0 Å². The van der Waals surface area contributed by atoms with E-state index < -0.39 is 0 Å². The van der Waals surface area contributed by atoms with E-state index in [1.165, 1.54) is 0 Å². The molecule has 1 aromatic carbocycles. The summed E-state index contributed by atoms with van der Waals surface area (Å²) in [6.45, 7) is 4.67. The lowest BCUT2D eigenvalue weighted by atomic mass is 10.0. The fourth-order valence-electron chi connectivity index (χ4n) is 4.02. The van der Waals surface area contributed by atoms with Gasteiger partial charge in [-0.3, -0.25) is 19.4 Å². The first-order valence-corrected chi connectivity index (χ1v) is 10.7. The lowest BCUT2D eigenvalue weighted by molar-refractivity contribution is -0.117. The number of aryl methyl sites for hydroxylation is 1. The van der Waals surface area contributed by atoms with Crippen LogP contribution in [0, 0.1) is 0 Å². The van der Waals surface area contributed by atoms with E-state index in [1.54, 1.807) is 22.0 Å². The predicted molar refractivity (Wildman–Crippen MR) is 123 cm³/mol. The number of anilines is 1. The van der Waals surface area contributed by atoms with Gasteiger partial charge in [-0.05, 0) is 29.7 Å². The maximum atomic E-state index is 12.8. The first kappa shape index (κ1) is 20.1. The van der Waals surface area contributed by atoms with E-state index in [0.717, 1.165) is 33.6 Å². The third kappa shape index (κ3) is 3.66. The quantitative estimate of drug-likeness (QED) is 0.481. The molecule has 1 amide bonds. The second kappa shape index (κ2) is 8.00. The number of hydrogen-bond donors (Lipinski definition) is 0. The maximum absolute atomic E-state index is 12.8. The topological polar surface area (TPSA) is 76.8 Å². The summed E-state index contributed by atoms with van der Waals surface area (Å²) in [6.07, 6.45) is 5.81. The Balaban J connectivity index is 1.44. The predicted octanol–water partition coefficient (Wildman–Crippen LogP) is 4.15. The lowest BCUT2D eigenvalue weighted by Crippen LogP contribution is -2.26. The van der Waals surface area contributed by atoms with Crippen molar-refractivity contribution in [2.45, 2.75) is 32.7 Å². The van der Waals surface area contributed by atoms with Crippen LogP contribution in [-0.2, 0) is 24.8 Å². The Morgan fingerprint density at radius 1 is 1.06 bits per heavy atom. The Bertz CT molecular complexity index is 1290. The van der Waals surface area contributed by atoms with Crippen molar-refractivity contribution in [2.75, 3.05) is 4.90 Å². The molecule has 32 heavy (non-hydrogen) atoms. The zero-order valence-electron chi connectivity index (χ0n) is 18.4. The van der Waals surface area contributed by atoms with Crippen LogP contribution in [0.25, 0.3) is 22.6 Å². The Morgan fingerprint density at radius 2 is 1.88 bits per heavy atom. The highest BCUT2D eigenvalue weighted by molar-refractivity contribution is 6.00. The Morgan fingerprint density at radius 3 is 2.59 bits per heavy atom. The molecule has 1 aliphatic rings. The number of rotatable bonds is 5. The summed E-state index contributed by atoms with van der Waals surface area (Å²) in [5.41, 5.74) is 5.73. The van der Waals surface area contributed by atoms with E-state index in [4.69, 9.17) is 4.98 Å². The zero-order chi connectivity index (χ0) is 22.2. The van der Waals surface area contributed by atoms with Crippen LogP contribution >= 0.6 is 0 Å². The number of carbonyl (C=O) groups is 1. The molecule has 0 bridgehead atoms. The van der Waals surface area contributed by atoms with Crippen LogP contribution in [0.3, 0.4) is 0 Å². The number of hydrogen-bond acceptors (Lipinski definition) is 5. The van der Waals surface area contributed by atoms with Gasteiger partial charge in [-0.1, -0.05) is 38.1 Å². The fraction of sp³-hybridized carbons (Fsp3) is 0.240. The number of fused-ring (bicyclic) bond motifs is 1. The number of aromatic nitrogens is 5. The van der Waals surface area contributed by atoms with Crippen molar-refractivity contribution in [3.05, 3.63) is 77.9 Å². The average molecular weight is 425 g/mol. The van der Waals surface area contributed by atoms with Crippen molar-refractivity contribution in [1.29, 1.82) is 0 Å². The number of pyridine rings is 1. The highest BCUT2D eigenvalue weighted by Gasteiger charge is 2.30. The van der Waals surface area contributed by atoms with Crippen molar-refractivity contribution in [3.8, 4) is 22.6 Å². The van der Waals surface area contributed by atoms with Gasteiger partial charge in [0.1, 0.15) is 5.82 Å². The summed E-state index contributed by atoms with van der Waals surface area (Å²) in [7, 11) is 1.90. The maximum Gasteiger partial charge on any atom is 0.233 e. The Kier molecular flexibility index (Phi) is 5.01. The highest BCUT2D eigenvalue weighted by atomic mass is 16.2. The molecule has 0 unspecified atom stereocenters. The van der Waals surface area contributed by atoms with E-state index in [1.807, 2.05) is 55.7 Å². The van der Waals surface area contributed by atoms with Gasteiger partial charge in [-0.25, -0.2) is 9.97 Å². The lowest BCUT2D eigenvalue weighted by Gasteiger charge is -2.18. The van der Waals surface area contributed by atoms with E-state index in [0.29, 0.717) is 24.6 Å². The van der Waals surface area contributed by atoms with Crippen molar-refractivity contribution >= 4 is 11.7 Å². The van der Waals surface area contributed by atoms with Gasteiger partial charge < -0.3 is 0 Å². The summed E-state index contributed by atoms with van der Waals surface area (Å²) in [6, 6.07) is 14.0. The molecule has 0 saturated carbocycles. The second-order valence-electron chi connectivity index (χ2n) is 8.36. The van der Waals surface area contributed by atoms with Gasteiger partial charge in [0.15, 0.2) is 5.82 Å². The number of carbonyl (C=O) groups excluding carboxylic acids is 1. The van der Waals surface area contributed by atoms with Gasteiger partial charge in [0.05, 0.1) is 24.4 Å². The van der Waals surface area contributed by atoms with Gasteiger partial charge >= 0.3 is 0 Å². The molecule has 0 spiro atoms. The van der Waals surface area contributed by atoms with Gasteiger partial charge in [0.25, 0.3) is 0 Å². The van der Waals surface area contributed by atoms with Gasteiger partial charge in [0, 0.05) is 42.3 Å². The fourth-order valence-corrected chi connectivity index (χ4v) is 4.02. The molecule has 0 atom stereocenters. The molecule has 3 aromatic heterocycles. The van der Waals surface area contributed by atoms with Crippen molar-refractivity contribution in [3.63, 3.8) is 0 Å². The molecule has 4 heterocycles. The van der Waals surface area contributed by atoms with Crippen molar-refractivity contribution < 1.29 is 4.79 Å². The highest BCUT2D eigenvalue weighted by Crippen LogP contribution is 2.32. The smallest absolute Gasteiger partial charge is 0.233 e. The minimum absolute atomic E-state index is 0.0375. The van der Waals surface area contributed by atoms with Gasteiger partial charge in [-0.2, -0.15) is 5.10 Å². The Hall–Kier alpha value is -3.87. The molecule has 1 aliphatic heterocycles.